The van der Waals surface area contributed by atoms with Crippen molar-refractivity contribution in [1.29, 1.82) is 0 Å². The summed E-state index contributed by atoms with van der Waals surface area (Å²) in [6.07, 6.45) is 3.36. The Bertz CT molecular complexity index is 936. The summed E-state index contributed by atoms with van der Waals surface area (Å²) in [7, 11) is 6.94. The van der Waals surface area contributed by atoms with Gasteiger partial charge in [-0.15, -0.1) is 0 Å². The van der Waals surface area contributed by atoms with Gasteiger partial charge < -0.3 is 29.7 Å². The summed E-state index contributed by atoms with van der Waals surface area (Å²) in [5, 5.41) is 7.17. The van der Waals surface area contributed by atoms with Crippen molar-refractivity contribution in [1.82, 2.24) is 10.6 Å². The van der Waals surface area contributed by atoms with Crippen LogP contribution in [0.4, 0.5) is 5.69 Å². The summed E-state index contributed by atoms with van der Waals surface area (Å²) in [6.45, 7) is 2.71. The Kier molecular flexibility index (Phi) is 6.63. The molecular formula is C25H34N4O3. The molecule has 2 aliphatic rings. The Morgan fingerprint density at radius 2 is 1.78 bits per heavy atom. The van der Waals surface area contributed by atoms with Gasteiger partial charge in [0.05, 0.1) is 21.3 Å². The monoisotopic (exact) mass is 438 g/mol. The molecule has 2 fully saturated rings. The highest BCUT2D eigenvalue weighted by Crippen LogP contribution is 2.50. The predicted molar refractivity (Wildman–Crippen MR) is 129 cm³/mol. The summed E-state index contributed by atoms with van der Waals surface area (Å²) in [4.78, 5) is 6.83. The smallest absolute Gasteiger partial charge is 0.191 e. The lowest BCUT2D eigenvalue weighted by molar-refractivity contribution is 0.394. The fourth-order valence-corrected chi connectivity index (χ4v) is 4.50. The third-order valence-electron chi connectivity index (χ3n) is 6.58. The van der Waals surface area contributed by atoms with Gasteiger partial charge in [-0.05, 0) is 25.3 Å². The van der Waals surface area contributed by atoms with Gasteiger partial charge in [-0.3, -0.25) is 4.99 Å². The third-order valence-corrected chi connectivity index (χ3v) is 6.58. The van der Waals surface area contributed by atoms with Crippen LogP contribution in [-0.2, 0) is 5.41 Å². The zero-order chi connectivity index (χ0) is 22.6. The van der Waals surface area contributed by atoms with Crippen LogP contribution in [0.25, 0.3) is 0 Å². The summed E-state index contributed by atoms with van der Waals surface area (Å²) in [5.74, 6) is 3.43. The second-order valence-corrected chi connectivity index (χ2v) is 8.55. The van der Waals surface area contributed by atoms with Crippen LogP contribution in [0.5, 0.6) is 17.2 Å². The Labute approximate surface area is 190 Å². The van der Waals surface area contributed by atoms with Crippen LogP contribution in [0.1, 0.15) is 24.8 Å². The van der Waals surface area contributed by atoms with Crippen molar-refractivity contribution < 1.29 is 14.2 Å². The van der Waals surface area contributed by atoms with E-state index in [0.717, 1.165) is 67.8 Å². The van der Waals surface area contributed by atoms with E-state index in [1.54, 1.807) is 21.3 Å². The maximum absolute atomic E-state index is 5.60. The number of hydrogen-bond acceptors (Lipinski definition) is 5. The van der Waals surface area contributed by atoms with Crippen molar-refractivity contribution in [2.75, 3.05) is 52.9 Å². The van der Waals surface area contributed by atoms with Gasteiger partial charge >= 0.3 is 0 Å². The molecule has 1 unspecified atom stereocenters. The van der Waals surface area contributed by atoms with E-state index in [0.29, 0.717) is 6.04 Å². The SMILES string of the molecule is CN=C(NCC1(c2ccccc2OC)CC1)NC1CCN(c2cc(OC)cc(OC)c2)C1. The fourth-order valence-electron chi connectivity index (χ4n) is 4.50. The quantitative estimate of drug-likeness (QED) is 0.487. The molecule has 7 nitrogen and oxygen atoms in total. The Morgan fingerprint density at radius 3 is 2.41 bits per heavy atom. The van der Waals surface area contributed by atoms with E-state index in [9.17, 15) is 0 Å². The number of ether oxygens (including phenoxy) is 3. The number of anilines is 1. The molecule has 2 aromatic carbocycles. The molecular weight excluding hydrogens is 404 g/mol. The van der Waals surface area contributed by atoms with Crippen molar-refractivity contribution in [3.63, 3.8) is 0 Å². The number of nitrogens with one attached hydrogen (secondary N) is 2. The molecule has 1 saturated heterocycles. The molecule has 172 valence electrons. The minimum absolute atomic E-state index is 0.128. The lowest BCUT2D eigenvalue weighted by atomic mass is 9.95. The van der Waals surface area contributed by atoms with Crippen molar-refractivity contribution >= 4 is 11.6 Å². The molecule has 0 aromatic heterocycles. The molecule has 2 aromatic rings. The highest BCUT2D eigenvalue weighted by molar-refractivity contribution is 5.80. The topological polar surface area (TPSA) is 67.4 Å². The van der Waals surface area contributed by atoms with Crippen LogP contribution in [0.15, 0.2) is 47.5 Å². The highest BCUT2D eigenvalue weighted by atomic mass is 16.5. The van der Waals surface area contributed by atoms with E-state index in [2.05, 4.69) is 44.8 Å². The molecule has 32 heavy (non-hydrogen) atoms. The van der Waals surface area contributed by atoms with E-state index in [-0.39, 0.29) is 5.41 Å². The third kappa shape index (κ3) is 4.71. The van der Waals surface area contributed by atoms with Crippen LogP contribution in [0.2, 0.25) is 0 Å². The standard InChI is InChI=1S/C25H34N4O3/c1-26-24(27-17-25(10-11-25)22-7-5-6-8-23(22)32-4)28-18-9-12-29(16-18)19-13-20(30-2)15-21(14-19)31-3/h5-8,13-15,18H,9-12,16-17H2,1-4H3,(H2,26,27,28). The number of guanidine groups is 1. The first-order valence-corrected chi connectivity index (χ1v) is 11.2. The molecule has 1 saturated carbocycles. The molecule has 1 aliphatic heterocycles. The van der Waals surface area contributed by atoms with Gasteiger partial charge in [0.25, 0.3) is 0 Å². The number of hydrogen-bond donors (Lipinski definition) is 2. The summed E-state index contributed by atoms with van der Waals surface area (Å²) in [5.41, 5.74) is 2.52. The maximum Gasteiger partial charge on any atom is 0.191 e. The lowest BCUT2D eigenvalue weighted by Crippen LogP contribution is -2.46. The number of benzene rings is 2. The minimum Gasteiger partial charge on any atom is -0.497 e. The van der Waals surface area contributed by atoms with Crippen LogP contribution in [-0.4, -0.2) is 60.0 Å². The fraction of sp³-hybridized carbons (Fsp3) is 0.480. The van der Waals surface area contributed by atoms with Crippen LogP contribution >= 0.6 is 0 Å². The Balaban J connectivity index is 1.35. The second kappa shape index (κ2) is 9.59. The van der Waals surface area contributed by atoms with Gasteiger partial charge in [-0.25, -0.2) is 0 Å². The lowest BCUT2D eigenvalue weighted by Gasteiger charge is -2.23. The van der Waals surface area contributed by atoms with Crippen LogP contribution in [0.3, 0.4) is 0 Å². The molecule has 1 atom stereocenters. The Morgan fingerprint density at radius 1 is 1.06 bits per heavy atom. The van der Waals surface area contributed by atoms with E-state index >= 15 is 0 Å². The molecule has 0 amide bonds. The zero-order valence-corrected chi connectivity index (χ0v) is 19.5. The highest BCUT2D eigenvalue weighted by Gasteiger charge is 2.46. The predicted octanol–water partition coefficient (Wildman–Crippen LogP) is 3.19. The van der Waals surface area contributed by atoms with Crippen molar-refractivity contribution in [2.24, 2.45) is 4.99 Å². The van der Waals surface area contributed by atoms with Gasteiger partial charge in [0.2, 0.25) is 0 Å². The number of rotatable bonds is 8. The van der Waals surface area contributed by atoms with Gasteiger partial charge in [0, 0.05) is 67.6 Å². The first kappa shape index (κ1) is 22.1. The molecule has 1 aliphatic carbocycles. The summed E-state index contributed by atoms with van der Waals surface area (Å²) >= 11 is 0. The average molecular weight is 439 g/mol. The second-order valence-electron chi connectivity index (χ2n) is 8.55. The van der Waals surface area contributed by atoms with Gasteiger partial charge in [-0.2, -0.15) is 0 Å². The molecule has 2 N–H and O–H groups in total. The first-order chi connectivity index (χ1) is 15.6. The molecule has 7 heteroatoms. The van der Waals surface area contributed by atoms with Crippen molar-refractivity contribution in [3.8, 4) is 17.2 Å². The molecule has 0 spiro atoms. The summed E-state index contributed by atoms with van der Waals surface area (Å²) < 4.78 is 16.5. The summed E-state index contributed by atoms with van der Waals surface area (Å²) in [6, 6.07) is 14.7. The van der Waals surface area contributed by atoms with E-state index in [1.165, 1.54) is 5.56 Å². The molecule has 0 bridgehead atoms. The number of nitrogens with zero attached hydrogens (tertiary/aromatic N) is 2. The van der Waals surface area contributed by atoms with E-state index in [4.69, 9.17) is 14.2 Å². The average Bonchev–Trinajstić information content (AvgIpc) is 3.49. The Hall–Kier alpha value is -3.09. The zero-order valence-electron chi connectivity index (χ0n) is 19.5. The van der Waals surface area contributed by atoms with E-state index < -0.39 is 0 Å². The van der Waals surface area contributed by atoms with Gasteiger partial charge in [0.15, 0.2) is 5.96 Å². The minimum atomic E-state index is 0.128. The number of para-hydroxylation sites is 1. The van der Waals surface area contributed by atoms with Crippen LogP contribution < -0.4 is 29.7 Å². The largest absolute Gasteiger partial charge is 0.497 e. The number of aliphatic imine (C=N–C) groups is 1. The molecule has 1 heterocycles. The van der Waals surface area contributed by atoms with E-state index in [1.807, 2.05) is 25.2 Å². The van der Waals surface area contributed by atoms with Crippen molar-refractivity contribution in [2.45, 2.75) is 30.7 Å². The number of methoxy groups -OCH3 is 3. The van der Waals surface area contributed by atoms with Crippen molar-refractivity contribution in [3.05, 3.63) is 48.0 Å². The normalized spacial score (nSPS) is 19.4. The van der Waals surface area contributed by atoms with Crippen LogP contribution in [0, 0.1) is 0 Å². The first-order valence-electron chi connectivity index (χ1n) is 11.2. The van der Waals surface area contributed by atoms with Gasteiger partial charge in [0.1, 0.15) is 17.2 Å². The molecule has 0 radical (unpaired) electrons. The maximum atomic E-state index is 5.60. The van der Waals surface area contributed by atoms with Gasteiger partial charge in [-0.1, -0.05) is 18.2 Å². The molecule has 4 rings (SSSR count).